The van der Waals surface area contributed by atoms with Gasteiger partial charge in [0.05, 0.1) is 5.41 Å². The Morgan fingerprint density at radius 1 is 0.672 bits per heavy atom. The maximum atomic E-state index is 14.7. The summed E-state index contributed by atoms with van der Waals surface area (Å²) in [6.07, 6.45) is 13.6. The third-order valence-corrected chi connectivity index (χ3v) is 13.0. The average Bonchev–Trinajstić information content (AvgIpc) is 3.52. The Kier molecular flexibility index (Phi) is 14.2. The molecule has 0 aliphatic heterocycles. The van der Waals surface area contributed by atoms with Crippen LogP contribution < -0.4 is 5.32 Å². The molecule has 5 heteroatoms. The molecule has 2 aliphatic rings. The first kappa shape index (κ1) is 41.5. The highest BCUT2D eigenvalue weighted by Crippen LogP contribution is 2.47. The van der Waals surface area contributed by atoms with Gasteiger partial charge in [-0.3, -0.25) is 4.79 Å². The third-order valence-electron chi connectivity index (χ3n) is 12.7. The van der Waals surface area contributed by atoms with Crippen molar-refractivity contribution in [1.82, 2.24) is 5.32 Å². The topological polar surface area (TPSA) is 55.4 Å². The van der Waals surface area contributed by atoms with Crippen LogP contribution in [0, 0.1) is 5.92 Å². The van der Waals surface area contributed by atoms with Crippen LogP contribution in [-0.4, -0.2) is 24.5 Å². The van der Waals surface area contributed by atoms with E-state index >= 15 is 0 Å². The number of carbonyl (C=O) groups is 2. The summed E-state index contributed by atoms with van der Waals surface area (Å²) in [7, 11) is 0. The van der Waals surface area contributed by atoms with Crippen molar-refractivity contribution < 1.29 is 14.3 Å². The van der Waals surface area contributed by atoms with Crippen LogP contribution >= 0.6 is 11.6 Å². The Hall–Kier alpha value is -4.67. The summed E-state index contributed by atoms with van der Waals surface area (Å²) in [5.41, 5.74) is 8.23. The van der Waals surface area contributed by atoms with E-state index in [1.165, 1.54) is 92.0 Å². The van der Waals surface area contributed by atoms with Gasteiger partial charge in [0.2, 0.25) is 0 Å². The molecule has 0 aromatic heterocycles. The fourth-order valence-electron chi connectivity index (χ4n) is 9.88. The van der Waals surface area contributed by atoms with Crippen molar-refractivity contribution in [3.8, 4) is 11.1 Å². The van der Waals surface area contributed by atoms with Gasteiger partial charge in [-0.05, 0) is 81.7 Å². The number of carbonyl (C=O) groups excluding carboxylic acids is 2. The number of halogens is 1. The fourth-order valence-corrected chi connectivity index (χ4v) is 10.2. The van der Waals surface area contributed by atoms with Gasteiger partial charge in [0.15, 0.2) is 0 Å². The van der Waals surface area contributed by atoms with Gasteiger partial charge < -0.3 is 10.1 Å². The maximum Gasteiger partial charge on any atom is 0.407 e. The van der Waals surface area contributed by atoms with E-state index in [2.05, 4.69) is 98.0 Å². The molecule has 1 amide bonds. The number of Topliss-reactive ketones (excluding diaryl/α,β-unsaturated/α-hetero) is 1. The lowest BCUT2D eigenvalue weighted by atomic mass is 9.66. The zero-order valence-electron chi connectivity index (χ0n) is 34.4. The number of rotatable bonds is 13. The molecule has 0 spiro atoms. The predicted octanol–water partition coefficient (Wildman–Crippen LogP) is 14.0. The molecule has 2 atom stereocenters. The molecule has 7 rings (SSSR count). The van der Waals surface area contributed by atoms with Crippen molar-refractivity contribution in [2.75, 3.05) is 6.61 Å². The van der Waals surface area contributed by atoms with E-state index in [1.54, 1.807) is 0 Å². The molecule has 58 heavy (non-hydrogen) atoms. The maximum absolute atomic E-state index is 14.7. The zero-order valence-corrected chi connectivity index (χ0v) is 35.2. The Balaban J connectivity index is 1.14. The lowest BCUT2D eigenvalue weighted by Gasteiger charge is -2.37. The van der Waals surface area contributed by atoms with Crippen molar-refractivity contribution in [2.24, 2.45) is 5.92 Å². The second-order valence-corrected chi connectivity index (χ2v) is 17.6. The summed E-state index contributed by atoms with van der Waals surface area (Å²) in [6.45, 7) is 4.47. The minimum Gasteiger partial charge on any atom is -0.449 e. The van der Waals surface area contributed by atoms with Gasteiger partial charge in [-0.25, -0.2) is 4.79 Å². The number of nitrogens with one attached hydrogen (secondary N) is 1. The minimum atomic E-state index is -0.838. The van der Waals surface area contributed by atoms with Crippen molar-refractivity contribution in [3.05, 3.63) is 166 Å². The van der Waals surface area contributed by atoms with Gasteiger partial charge in [0, 0.05) is 29.8 Å². The highest BCUT2D eigenvalue weighted by Gasteiger charge is 2.40. The second-order valence-electron chi connectivity index (χ2n) is 17.2. The van der Waals surface area contributed by atoms with E-state index in [0.717, 1.165) is 16.7 Å². The number of benzene rings is 5. The highest BCUT2D eigenvalue weighted by atomic mass is 35.5. The van der Waals surface area contributed by atoms with Crippen molar-refractivity contribution >= 4 is 23.5 Å². The predicted molar refractivity (Wildman–Crippen MR) is 239 cm³/mol. The fraction of sp³-hybridized carbons (Fsp3) is 0.396. The van der Waals surface area contributed by atoms with Gasteiger partial charge in [0.1, 0.15) is 12.4 Å². The quantitative estimate of drug-likeness (QED) is 0.121. The van der Waals surface area contributed by atoms with Gasteiger partial charge >= 0.3 is 6.09 Å². The summed E-state index contributed by atoms with van der Waals surface area (Å²) < 4.78 is 5.97. The van der Waals surface area contributed by atoms with Gasteiger partial charge in [0.25, 0.3) is 0 Å². The standard InChI is InChI=1S/C53H60ClNO3/c1-38(2)34-43(55-52(57)58-37-49-47-26-16-14-24-45(47)46-25-15-17-27-48(46)49)35-44(56)36-53(41-22-12-9-13-23-41,50-28-18-19-29-51(50)54)42-32-30-40(31-33-42)39-20-10-7-5-3-4-6-8-11-21-39/h9,12-19,22-33,38-39,43,49H,3-8,10-11,20-21,34-37H2,1-2H3,(H,55,57)/t43-,53?/m1/s1. The van der Waals surface area contributed by atoms with E-state index < -0.39 is 11.5 Å². The summed E-state index contributed by atoms with van der Waals surface area (Å²) in [5, 5.41) is 3.75. The summed E-state index contributed by atoms with van der Waals surface area (Å²) in [6, 6.07) is 43.7. The molecule has 1 fully saturated rings. The Labute approximate surface area is 351 Å². The molecule has 1 unspecified atom stereocenters. The van der Waals surface area contributed by atoms with Crippen LogP contribution in [0.5, 0.6) is 0 Å². The van der Waals surface area contributed by atoms with Crippen molar-refractivity contribution in [1.29, 1.82) is 0 Å². The molecule has 5 aromatic rings. The van der Waals surface area contributed by atoms with Crippen LogP contribution in [0.2, 0.25) is 5.02 Å². The van der Waals surface area contributed by atoms with E-state index in [-0.39, 0.29) is 43.1 Å². The molecular weight excluding hydrogens is 734 g/mol. The smallest absolute Gasteiger partial charge is 0.407 e. The van der Waals surface area contributed by atoms with Gasteiger partial charge in [-0.2, -0.15) is 0 Å². The minimum absolute atomic E-state index is 0.0394. The normalized spacial score (nSPS) is 16.7. The van der Waals surface area contributed by atoms with Crippen LogP contribution in [0.25, 0.3) is 11.1 Å². The number of alkyl carbamates (subject to hydrolysis) is 1. The number of ketones is 1. The molecule has 1 saturated carbocycles. The number of hydrogen-bond donors (Lipinski definition) is 1. The van der Waals surface area contributed by atoms with Gasteiger partial charge in [-0.1, -0.05) is 198 Å². The summed E-state index contributed by atoms with van der Waals surface area (Å²) in [4.78, 5) is 28.3. The Morgan fingerprint density at radius 3 is 1.81 bits per heavy atom. The first-order valence-electron chi connectivity index (χ1n) is 21.9. The van der Waals surface area contributed by atoms with Crippen LogP contribution in [0.1, 0.15) is 143 Å². The van der Waals surface area contributed by atoms with E-state index in [4.69, 9.17) is 16.3 Å². The van der Waals surface area contributed by atoms with E-state index in [1.807, 2.05) is 48.5 Å². The molecule has 2 aliphatic carbocycles. The first-order valence-corrected chi connectivity index (χ1v) is 22.3. The monoisotopic (exact) mass is 793 g/mol. The Morgan fingerprint density at radius 2 is 1.21 bits per heavy atom. The largest absolute Gasteiger partial charge is 0.449 e. The van der Waals surface area contributed by atoms with Crippen LogP contribution in [0.15, 0.2) is 127 Å². The second kappa shape index (κ2) is 19.9. The molecule has 4 nitrogen and oxygen atoms in total. The lowest BCUT2D eigenvalue weighted by Crippen LogP contribution is -2.40. The summed E-state index contributed by atoms with van der Waals surface area (Å²) >= 11 is 7.13. The van der Waals surface area contributed by atoms with Crippen molar-refractivity contribution in [2.45, 2.75) is 121 Å². The SMILES string of the molecule is CC(C)C[C@H](CC(=O)CC(c1ccccc1)(c1ccc(C2CCCCCCCCCC2)cc1)c1ccccc1Cl)NC(=O)OCC1c2ccccc2-c2ccccc21. The zero-order chi connectivity index (χ0) is 40.3. The van der Waals surface area contributed by atoms with Crippen molar-refractivity contribution in [3.63, 3.8) is 0 Å². The van der Waals surface area contributed by atoms with E-state index in [0.29, 0.717) is 17.4 Å². The lowest BCUT2D eigenvalue weighted by molar-refractivity contribution is -0.120. The molecule has 0 radical (unpaired) electrons. The summed E-state index contributed by atoms with van der Waals surface area (Å²) in [5.74, 6) is 0.817. The first-order chi connectivity index (χ1) is 28.3. The molecule has 0 saturated heterocycles. The van der Waals surface area contributed by atoms with E-state index in [9.17, 15) is 9.59 Å². The number of ether oxygens (including phenoxy) is 1. The van der Waals surface area contributed by atoms with Crippen LogP contribution in [-0.2, 0) is 14.9 Å². The number of amides is 1. The molecular formula is C53H60ClNO3. The third kappa shape index (κ3) is 9.78. The number of fused-ring (bicyclic) bond motifs is 3. The highest BCUT2D eigenvalue weighted by molar-refractivity contribution is 6.31. The molecule has 302 valence electrons. The van der Waals surface area contributed by atoms with Gasteiger partial charge in [-0.15, -0.1) is 0 Å². The van der Waals surface area contributed by atoms with Crippen LogP contribution in [0.3, 0.4) is 0 Å². The van der Waals surface area contributed by atoms with Crippen LogP contribution in [0.4, 0.5) is 4.79 Å². The Bertz CT molecular complexity index is 2050. The average molecular weight is 795 g/mol. The molecule has 0 bridgehead atoms. The molecule has 0 heterocycles. The molecule has 5 aromatic carbocycles. The number of hydrogen-bond acceptors (Lipinski definition) is 3. The molecule has 1 N–H and O–H groups in total.